The molecule has 3 fully saturated rings. The van der Waals surface area contributed by atoms with E-state index in [1.807, 2.05) is 6.92 Å². The minimum atomic E-state index is -2.85. The number of rotatable bonds is 22. The zero-order chi connectivity index (χ0) is 42.6. The summed E-state index contributed by atoms with van der Waals surface area (Å²) in [7, 11) is 0. The number of aliphatic hydroxyl groups is 9. The number of ether oxygens (including phenoxy) is 6. The van der Waals surface area contributed by atoms with Crippen molar-refractivity contribution in [2.45, 2.75) is 170 Å². The molecule has 0 aromatic carbocycles. The van der Waals surface area contributed by atoms with Crippen molar-refractivity contribution in [3.8, 4) is 0 Å². The van der Waals surface area contributed by atoms with Gasteiger partial charge >= 0.3 is 5.97 Å². The Bertz CT molecular complexity index is 1300. The van der Waals surface area contributed by atoms with E-state index in [0.29, 0.717) is 25.7 Å². The number of carboxylic acid groups (broad SMARTS) is 1. The fourth-order valence-electron chi connectivity index (χ4n) is 6.90. The summed E-state index contributed by atoms with van der Waals surface area (Å²) < 4.78 is 34.2. The second-order valence-electron chi connectivity index (χ2n) is 14.6. The lowest BCUT2D eigenvalue weighted by Crippen LogP contribution is -2.69. The molecule has 0 bridgehead atoms. The molecule has 0 aromatic rings. The Labute approximate surface area is 328 Å². The molecule has 7 unspecified atom stereocenters. The number of aliphatic carboxylic acids is 1. The van der Waals surface area contributed by atoms with Crippen molar-refractivity contribution < 1.29 is 98.7 Å². The van der Waals surface area contributed by atoms with Gasteiger partial charge < -0.3 is 90.1 Å². The molecule has 3 heterocycles. The summed E-state index contributed by atoms with van der Waals surface area (Å²) >= 11 is 0. The first kappa shape index (κ1) is 48.8. The van der Waals surface area contributed by atoms with E-state index in [4.69, 9.17) is 28.4 Å². The summed E-state index contributed by atoms with van der Waals surface area (Å²) in [5, 5.41) is 110. The van der Waals surface area contributed by atoms with Gasteiger partial charge in [-0.2, -0.15) is 0 Å². The smallest absolute Gasteiger partial charge is 0.364 e. The monoisotopic (exact) mass is 828 g/mol. The normalized spacial score (nSPS) is 36.9. The third kappa shape index (κ3) is 13.0. The third-order valence-corrected chi connectivity index (χ3v) is 10.0. The molecule has 57 heavy (non-hydrogen) atoms. The van der Waals surface area contributed by atoms with E-state index in [9.17, 15) is 70.2 Å². The molecule has 12 N–H and O–H groups in total. The van der Waals surface area contributed by atoms with E-state index in [2.05, 4.69) is 10.6 Å². The van der Waals surface area contributed by atoms with Crippen LogP contribution in [0.1, 0.15) is 72.1 Å². The first-order valence-electron chi connectivity index (χ1n) is 19.1. The van der Waals surface area contributed by atoms with Crippen molar-refractivity contribution in [1.82, 2.24) is 10.6 Å². The minimum Gasteiger partial charge on any atom is -0.477 e. The predicted molar refractivity (Wildman–Crippen MR) is 188 cm³/mol. The van der Waals surface area contributed by atoms with Gasteiger partial charge in [-0.1, -0.05) is 19.8 Å². The Morgan fingerprint density at radius 3 is 2.00 bits per heavy atom. The van der Waals surface area contributed by atoms with E-state index in [1.54, 1.807) is 0 Å². The maximum absolute atomic E-state index is 12.6. The molecular formula is C35H60N2O20. The van der Waals surface area contributed by atoms with Crippen LogP contribution < -0.4 is 10.6 Å². The highest BCUT2D eigenvalue weighted by atomic mass is 16.8. The summed E-state index contributed by atoms with van der Waals surface area (Å²) in [6, 6.07) is -2.80. The molecule has 0 spiro atoms. The molecule has 22 heteroatoms. The van der Waals surface area contributed by atoms with Crippen LogP contribution in [0.15, 0.2) is 0 Å². The molecule has 16 atom stereocenters. The highest BCUT2D eigenvalue weighted by Gasteiger charge is 2.57. The Balaban J connectivity index is 1.74. The van der Waals surface area contributed by atoms with Gasteiger partial charge in [-0.3, -0.25) is 14.4 Å². The summed E-state index contributed by atoms with van der Waals surface area (Å²) in [6.45, 7) is 1.54. The second-order valence-corrected chi connectivity index (χ2v) is 14.6. The molecule has 0 radical (unpaired) electrons. The zero-order valence-electron chi connectivity index (χ0n) is 32.2. The van der Waals surface area contributed by atoms with Gasteiger partial charge in [-0.15, -0.1) is 0 Å². The first-order chi connectivity index (χ1) is 26.9. The second kappa shape index (κ2) is 22.7. The van der Waals surface area contributed by atoms with Gasteiger partial charge in [-0.05, 0) is 19.3 Å². The van der Waals surface area contributed by atoms with E-state index >= 15 is 0 Å². The topological polar surface area (TPSA) is 350 Å². The van der Waals surface area contributed by atoms with Crippen LogP contribution in [-0.4, -0.2) is 199 Å². The summed E-state index contributed by atoms with van der Waals surface area (Å²) in [5.41, 5.74) is 0. The van der Waals surface area contributed by atoms with E-state index in [1.165, 1.54) is 0 Å². The number of ketones is 1. The van der Waals surface area contributed by atoms with Crippen LogP contribution in [0, 0.1) is 0 Å². The van der Waals surface area contributed by atoms with Gasteiger partial charge in [0.15, 0.2) is 12.6 Å². The zero-order valence-corrected chi connectivity index (χ0v) is 32.2. The average molecular weight is 829 g/mol. The number of hydrogen-bond acceptors (Lipinski definition) is 19. The van der Waals surface area contributed by atoms with E-state index in [-0.39, 0.29) is 12.4 Å². The highest BCUT2D eigenvalue weighted by molar-refractivity contribution is 5.78. The maximum atomic E-state index is 12.6. The van der Waals surface area contributed by atoms with Gasteiger partial charge in [0.25, 0.3) is 5.79 Å². The Hall–Kier alpha value is -2.52. The number of Topliss-reactive ketones (excluding diaryl/α,β-unsaturated/α-hetero) is 1. The molecular weight excluding hydrogens is 768 g/mol. The lowest BCUT2D eigenvalue weighted by Gasteiger charge is -2.48. The lowest BCUT2D eigenvalue weighted by atomic mass is 9.88. The Kier molecular flexibility index (Phi) is 19.5. The largest absolute Gasteiger partial charge is 0.477 e. The molecule has 3 aliphatic rings. The number of nitrogens with one attached hydrogen (secondary N) is 2. The minimum absolute atomic E-state index is 0.0593. The fourth-order valence-corrected chi connectivity index (χ4v) is 6.90. The van der Waals surface area contributed by atoms with Crippen molar-refractivity contribution in [3.05, 3.63) is 0 Å². The number of unbranched alkanes of at least 4 members (excludes halogenated alkanes) is 3. The molecule has 0 saturated carbocycles. The van der Waals surface area contributed by atoms with Gasteiger partial charge in [0.2, 0.25) is 11.8 Å². The van der Waals surface area contributed by atoms with Gasteiger partial charge in [-0.25, -0.2) is 4.79 Å². The number of carbonyl (C=O) groups is 4. The van der Waals surface area contributed by atoms with Crippen molar-refractivity contribution in [3.63, 3.8) is 0 Å². The Morgan fingerprint density at radius 2 is 1.42 bits per heavy atom. The number of hydrogen-bond donors (Lipinski definition) is 12. The van der Waals surface area contributed by atoms with Gasteiger partial charge in [0.05, 0.1) is 32.0 Å². The van der Waals surface area contributed by atoms with Crippen LogP contribution in [0.2, 0.25) is 0 Å². The quantitative estimate of drug-likeness (QED) is 0.0456. The van der Waals surface area contributed by atoms with E-state index in [0.717, 1.165) is 33.1 Å². The van der Waals surface area contributed by atoms with Crippen LogP contribution in [0.3, 0.4) is 0 Å². The van der Waals surface area contributed by atoms with Crippen molar-refractivity contribution >= 4 is 23.6 Å². The van der Waals surface area contributed by atoms with Crippen LogP contribution in [0.4, 0.5) is 0 Å². The highest BCUT2D eigenvalue weighted by Crippen LogP contribution is 2.35. The van der Waals surface area contributed by atoms with Gasteiger partial charge in [0, 0.05) is 39.7 Å². The van der Waals surface area contributed by atoms with Crippen molar-refractivity contribution in [2.75, 3.05) is 26.4 Å². The molecule has 0 aliphatic carbocycles. The summed E-state index contributed by atoms with van der Waals surface area (Å²) in [6.07, 6.45) is -19.7. The van der Waals surface area contributed by atoms with Crippen LogP contribution in [-0.2, 0) is 47.6 Å². The number of aliphatic hydroxyl groups excluding tert-OH is 9. The van der Waals surface area contributed by atoms with Crippen LogP contribution in [0.25, 0.3) is 0 Å². The molecule has 0 aromatic heterocycles. The summed E-state index contributed by atoms with van der Waals surface area (Å²) in [5.74, 6) is -5.92. The lowest BCUT2D eigenvalue weighted by molar-refractivity contribution is -0.360. The van der Waals surface area contributed by atoms with Crippen LogP contribution >= 0.6 is 0 Å². The standard InChI is InChI=1S/C35H60N2O20/c1-4-5-6-9-18(42)10-7-8-11-52-32-24(37-17(3)41)27(47)30(21(14-39)54-32)56-33-29(49)28(48)26(46)22(55-33)15-53-35(34(50)51)12-19(43)23(36-16(2)40)31(57-35)25(45)20(44)13-38/h19-33,38-39,43-49H,4-15H2,1-3H3,(H,36,40)(H,37,41)(H,50,51)/t19-,20?,21?,22?,23+,24?,25?,26-,27+,28-,29?,30-,31?,32+,33-,35+/m0/s1. The van der Waals surface area contributed by atoms with E-state index < -0.39 is 142 Å². The Morgan fingerprint density at radius 1 is 0.807 bits per heavy atom. The van der Waals surface area contributed by atoms with Crippen molar-refractivity contribution in [2.24, 2.45) is 0 Å². The van der Waals surface area contributed by atoms with Crippen LogP contribution in [0.5, 0.6) is 0 Å². The van der Waals surface area contributed by atoms with Crippen molar-refractivity contribution in [1.29, 1.82) is 0 Å². The molecule has 3 aliphatic heterocycles. The summed E-state index contributed by atoms with van der Waals surface area (Å²) in [4.78, 5) is 48.6. The third-order valence-electron chi connectivity index (χ3n) is 10.0. The number of amides is 2. The SMILES string of the molecule is CCCCCC(=O)CCCCO[C@@H]1OC(CO)[C@H](O[C@@H]2OC(CO[C@]3(C(=O)O)C[C@H](O)[C@@H](NC(C)=O)C(C(O)C(O)CO)O3)[C@H](O)[C@H](O)C2O)[C@H](O)C1NC(C)=O. The maximum Gasteiger partial charge on any atom is 0.364 e. The molecule has 330 valence electrons. The first-order valence-corrected chi connectivity index (χ1v) is 19.1. The number of carbonyl (C=O) groups excluding carboxylic acids is 3. The molecule has 2 amide bonds. The average Bonchev–Trinajstić information content (AvgIpc) is 3.16. The number of carboxylic acids is 1. The molecule has 3 saturated heterocycles. The molecule has 3 rings (SSSR count). The molecule has 22 nitrogen and oxygen atoms in total. The fraction of sp³-hybridized carbons (Fsp3) is 0.886. The van der Waals surface area contributed by atoms with Gasteiger partial charge in [0.1, 0.15) is 72.9 Å². The predicted octanol–water partition coefficient (Wildman–Crippen LogP) is -4.74.